The summed E-state index contributed by atoms with van der Waals surface area (Å²) < 4.78 is 0. The summed E-state index contributed by atoms with van der Waals surface area (Å²) in [6.45, 7) is 6.86. The molecule has 0 radical (unpaired) electrons. The van der Waals surface area contributed by atoms with Crippen molar-refractivity contribution in [2.45, 2.75) is 13.5 Å². The molecule has 1 fully saturated rings. The maximum absolute atomic E-state index is 12.1. The minimum atomic E-state index is -0.0303. The quantitative estimate of drug-likeness (QED) is 0.880. The topological polar surface area (TPSA) is 61.4 Å². The Morgan fingerprint density at radius 3 is 2.46 bits per heavy atom. The number of rotatable bonds is 5. The molecule has 1 aliphatic rings. The lowest BCUT2D eigenvalue weighted by molar-refractivity contribution is -0.117. The average Bonchev–Trinajstić information content (AvgIpc) is 2.96. The highest BCUT2D eigenvalue weighted by Crippen LogP contribution is 2.14. The summed E-state index contributed by atoms with van der Waals surface area (Å²) in [4.78, 5) is 16.6. The minimum absolute atomic E-state index is 0.0303. The molecule has 6 nitrogen and oxygen atoms in total. The van der Waals surface area contributed by atoms with E-state index in [4.69, 9.17) is 11.6 Å². The van der Waals surface area contributed by atoms with E-state index in [1.165, 1.54) is 16.9 Å². The highest BCUT2D eigenvalue weighted by Gasteiger charge is 2.19. The number of aryl methyl sites for hydroxylation is 1. The number of hydrogen-bond donors (Lipinski definition) is 1. The van der Waals surface area contributed by atoms with Crippen molar-refractivity contribution >= 4 is 34.0 Å². The zero-order valence-electron chi connectivity index (χ0n) is 13.5. The van der Waals surface area contributed by atoms with Crippen LogP contribution in [0, 0.1) is 6.92 Å². The number of amides is 1. The molecule has 1 N–H and O–H groups in total. The second kappa shape index (κ2) is 8.02. The molecular weight excluding hydrogens is 346 g/mol. The van der Waals surface area contributed by atoms with Crippen molar-refractivity contribution in [3.63, 3.8) is 0 Å². The van der Waals surface area contributed by atoms with Crippen molar-refractivity contribution in [2.75, 3.05) is 38.0 Å². The highest BCUT2D eigenvalue weighted by atomic mass is 35.5. The Hall–Kier alpha value is -1.54. The van der Waals surface area contributed by atoms with E-state index >= 15 is 0 Å². The zero-order valence-corrected chi connectivity index (χ0v) is 15.1. The predicted octanol–water partition coefficient (Wildman–Crippen LogP) is 2.26. The van der Waals surface area contributed by atoms with Crippen LogP contribution in [0.4, 0.5) is 5.13 Å². The summed E-state index contributed by atoms with van der Waals surface area (Å²) in [5.74, 6) is -0.0303. The van der Waals surface area contributed by atoms with Crippen molar-refractivity contribution in [2.24, 2.45) is 0 Å². The molecule has 2 aromatic rings. The maximum atomic E-state index is 12.1. The molecule has 24 heavy (non-hydrogen) atoms. The normalized spacial score (nSPS) is 16.2. The summed E-state index contributed by atoms with van der Waals surface area (Å²) in [6, 6.07) is 7.97. The molecule has 2 heterocycles. The van der Waals surface area contributed by atoms with E-state index in [-0.39, 0.29) is 5.91 Å². The van der Waals surface area contributed by atoms with Crippen LogP contribution in [0.2, 0.25) is 5.02 Å². The van der Waals surface area contributed by atoms with Gasteiger partial charge < -0.3 is 0 Å². The first kappa shape index (κ1) is 17.3. The molecule has 1 amide bonds. The molecule has 1 aliphatic heterocycles. The number of carbonyl (C=O) groups is 1. The molecule has 0 spiro atoms. The Morgan fingerprint density at radius 1 is 1.17 bits per heavy atom. The summed E-state index contributed by atoms with van der Waals surface area (Å²) in [7, 11) is 0. The number of piperazine rings is 1. The third-order valence-electron chi connectivity index (χ3n) is 3.92. The Balaban J connectivity index is 1.41. The lowest BCUT2D eigenvalue weighted by Crippen LogP contribution is -2.48. The van der Waals surface area contributed by atoms with E-state index in [0.717, 1.165) is 42.8 Å². The van der Waals surface area contributed by atoms with Crippen molar-refractivity contribution in [1.82, 2.24) is 20.0 Å². The predicted molar refractivity (Wildman–Crippen MR) is 96.4 cm³/mol. The molecule has 8 heteroatoms. The smallest absolute Gasteiger partial charge is 0.240 e. The van der Waals surface area contributed by atoms with Crippen LogP contribution in [0.25, 0.3) is 0 Å². The molecule has 0 aliphatic carbocycles. The van der Waals surface area contributed by atoms with Gasteiger partial charge in [-0.05, 0) is 24.6 Å². The van der Waals surface area contributed by atoms with Crippen LogP contribution in [0.5, 0.6) is 0 Å². The van der Waals surface area contributed by atoms with Crippen molar-refractivity contribution in [3.05, 3.63) is 39.9 Å². The minimum Gasteiger partial charge on any atom is -0.299 e. The molecule has 1 saturated heterocycles. The fourth-order valence-electron chi connectivity index (χ4n) is 2.66. The first-order valence-corrected chi connectivity index (χ1v) is 9.07. The number of halogens is 1. The number of aromatic nitrogens is 2. The third kappa shape index (κ3) is 4.98. The summed E-state index contributed by atoms with van der Waals surface area (Å²) in [5.41, 5.74) is 1.26. The lowest BCUT2D eigenvalue weighted by atomic mass is 10.2. The lowest BCUT2D eigenvalue weighted by Gasteiger charge is -2.34. The van der Waals surface area contributed by atoms with Crippen LogP contribution < -0.4 is 5.32 Å². The number of nitrogens with zero attached hydrogens (tertiary/aromatic N) is 4. The Kier molecular flexibility index (Phi) is 5.78. The second-order valence-electron chi connectivity index (χ2n) is 5.85. The largest absolute Gasteiger partial charge is 0.299 e. The number of benzene rings is 1. The van der Waals surface area contributed by atoms with Crippen molar-refractivity contribution in [3.8, 4) is 0 Å². The van der Waals surface area contributed by atoms with Gasteiger partial charge in [-0.3, -0.25) is 19.9 Å². The Bertz CT molecular complexity index is 682. The number of carbonyl (C=O) groups excluding carboxylic acids is 1. The molecule has 0 unspecified atom stereocenters. The van der Waals surface area contributed by atoms with Crippen LogP contribution in [0.1, 0.15) is 10.6 Å². The summed E-state index contributed by atoms with van der Waals surface area (Å²) in [5, 5.41) is 12.8. The monoisotopic (exact) mass is 365 g/mol. The van der Waals surface area contributed by atoms with E-state index in [9.17, 15) is 4.79 Å². The Morgan fingerprint density at radius 2 is 1.83 bits per heavy atom. The average molecular weight is 366 g/mol. The van der Waals surface area contributed by atoms with E-state index < -0.39 is 0 Å². The van der Waals surface area contributed by atoms with Crippen LogP contribution in [0.3, 0.4) is 0 Å². The van der Waals surface area contributed by atoms with Gasteiger partial charge in [-0.2, -0.15) is 0 Å². The van der Waals surface area contributed by atoms with Gasteiger partial charge in [0.1, 0.15) is 5.01 Å². The fourth-order valence-corrected chi connectivity index (χ4v) is 3.40. The second-order valence-corrected chi connectivity index (χ2v) is 7.47. The van der Waals surface area contributed by atoms with Gasteiger partial charge in [0.25, 0.3) is 0 Å². The fraction of sp³-hybridized carbons (Fsp3) is 0.438. The maximum Gasteiger partial charge on any atom is 0.240 e. The van der Waals surface area contributed by atoms with Crippen molar-refractivity contribution < 1.29 is 4.79 Å². The van der Waals surface area contributed by atoms with Crippen LogP contribution >= 0.6 is 22.9 Å². The van der Waals surface area contributed by atoms with Gasteiger partial charge in [-0.1, -0.05) is 35.1 Å². The van der Waals surface area contributed by atoms with Crippen molar-refractivity contribution in [1.29, 1.82) is 0 Å². The Labute approximate surface area is 150 Å². The van der Waals surface area contributed by atoms with Crippen LogP contribution in [-0.4, -0.2) is 58.6 Å². The van der Waals surface area contributed by atoms with Gasteiger partial charge >= 0.3 is 0 Å². The SMILES string of the molecule is Cc1nnc(NC(=O)CN2CCN(Cc3ccc(Cl)cc3)CC2)s1. The van der Waals surface area contributed by atoms with E-state index in [1.807, 2.05) is 19.1 Å². The van der Waals surface area contributed by atoms with Gasteiger partial charge in [-0.25, -0.2) is 0 Å². The summed E-state index contributed by atoms with van der Waals surface area (Å²) >= 11 is 7.31. The molecule has 128 valence electrons. The standard InChI is InChI=1S/C16H20ClN5OS/c1-12-19-20-16(24-12)18-15(23)11-22-8-6-21(7-9-22)10-13-2-4-14(17)5-3-13/h2-5H,6-11H2,1H3,(H,18,20,23). The number of hydrogen-bond acceptors (Lipinski definition) is 6. The molecule has 0 atom stereocenters. The van der Waals surface area contributed by atoms with E-state index in [1.54, 1.807) is 0 Å². The van der Waals surface area contributed by atoms with Gasteiger partial charge in [0.2, 0.25) is 11.0 Å². The first-order valence-electron chi connectivity index (χ1n) is 7.87. The number of nitrogens with one attached hydrogen (secondary N) is 1. The molecule has 1 aromatic carbocycles. The van der Waals surface area contributed by atoms with Gasteiger partial charge in [-0.15, -0.1) is 10.2 Å². The molecule has 3 rings (SSSR count). The molecule has 0 bridgehead atoms. The van der Waals surface area contributed by atoms with Crippen LogP contribution in [0.15, 0.2) is 24.3 Å². The van der Waals surface area contributed by atoms with Gasteiger partial charge in [0, 0.05) is 37.7 Å². The molecule has 0 saturated carbocycles. The van der Waals surface area contributed by atoms with E-state index in [0.29, 0.717) is 11.7 Å². The molecular formula is C16H20ClN5OS. The van der Waals surface area contributed by atoms with Crippen LogP contribution in [-0.2, 0) is 11.3 Å². The molecule has 1 aromatic heterocycles. The van der Waals surface area contributed by atoms with Gasteiger partial charge in [0.05, 0.1) is 6.54 Å². The third-order valence-corrected chi connectivity index (χ3v) is 4.93. The van der Waals surface area contributed by atoms with Gasteiger partial charge in [0.15, 0.2) is 0 Å². The summed E-state index contributed by atoms with van der Waals surface area (Å²) in [6.07, 6.45) is 0. The zero-order chi connectivity index (χ0) is 16.9. The highest BCUT2D eigenvalue weighted by molar-refractivity contribution is 7.15. The van der Waals surface area contributed by atoms with E-state index in [2.05, 4.69) is 37.4 Å². The number of anilines is 1. The first-order chi connectivity index (χ1) is 11.6.